The quantitative estimate of drug-likeness (QED) is 0.179. The molecule has 0 saturated carbocycles. The van der Waals surface area contributed by atoms with E-state index in [0.717, 1.165) is 11.4 Å². The number of fused-ring (bicyclic) bond motifs is 8. The van der Waals surface area contributed by atoms with Gasteiger partial charge < -0.3 is 9.47 Å². The smallest absolute Gasteiger partial charge is 0.0538 e. The van der Waals surface area contributed by atoms with Gasteiger partial charge in [-0.25, -0.2) is 0 Å². The summed E-state index contributed by atoms with van der Waals surface area (Å²) < 4.78 is 5.15. The van der Waals surface area contributed by atoms with Crippen molar-refractivity contribution >= 4 is 59.9 Å². The minimum atomic E-state index is -0.286. The molecule has 0 amide bonds. The van der Waals surface area contributed by atoms with Crippen molar-refractivity contribution < 1.29 is 0 Å². The van der Waals surface area contributed by atoms with E-state index in [2.05, 4.69) is 198 Å². The topological polar surface area (TPSA) is 8.17 Å². The molecule has 0 aliphatic heterocycles. The normalized spacial score (nSPS) is 17.9. The molecule has 0 saturated heterocycles. The van der Waals surface area contributed by atoms with Crippen molar-refractivity contribution in [1.82, 2.24) is 4.57 Å². The number of hydrogen-bond acceptors (Lipinski definition) is 2. The Morgan fingerprint density at radius 1 is 0.600 bits per heavy atom. The van der Waals surface area contributed by atoms with Crippen molar-refractivity contribution in [3.05, 3.63) is 193 Å². The summed E-state index contributed by atoms with van der Waals surface area (Å²) in [4.78, 5) is 2.41. The van der Waals surface area contributed by atoms with Crippen LogP contribution < -0.4 is 4.90 Å². The Morgan fingerprint density at radius 3 is 2.08 bits per heavy atom. The Morgan fingerprint density at radius 2 is 1.26 bits per heavy atom. The van der Waals surface area contributed by atoms with E-state index in [9.17, 15) is 0 Å². The molecule has 2 nitrogen and oxygen atoms in total. The van der Waals surface area contributed by atoms with E-state index in [1.165, 1.54) is 64.8 Å². The van der Waals surface area contributed by atoms with E-state index in [1.54, 1.807) is 0 Å². The summed E-state index contributed by atoms with van der Waals surface area (Å²) >= 11 is 1.87. The summed E-state index contributed by atoms with van der Waals surface area (Å²) in [7, 11) is 0. The van der Waals surface area contributed by atoms with Crippen molar-refractivity contribution in [1.29, 1.82) is 0 Å². The van der Waals surface area contributed by atoms with Crippen LogP contribution in [0.15, 0.2) is 182 Å². The van der Waals surface area contributed by atoms with E-state index in [1.807, 2.05) is 11.3 Å². The number of thiophene rings is 1. The highest BCUT2D eigenvalue weighted by atomic mass is 32.1. The molecule has 3 heteroatoms. The minimum Gasteiger partial charge on any atom is -0.312 e. The maximum atomic E-state index is 2.51. The molecule has 0 N–H and O–H groups in total. The molecule has 10 rings (SSSR count). The van der Waals surface area contributed by atoms with Gasteiger partial charge in [0.25, 0.3) is 0 Å². The fourth-order valence-corrected chi connectivity index (χ4v) is 9.45. The molecule has 0 spiro atoms. The summed E-state index contributed by atoms with van der Waals surface area (Å²) in [6.07, 6.45) is 12.0. The number of benzene rings is 6. The van der Waals surface area contributed by atoms with Crippen molar-refractivity contribution in [2.24, 2.45) is 5.92 Å². The van der Waals surface area contributed by atoms with Gasteiger partial charge in [-0.15, -0.1) is 11.3 Å². The lowest BCUT2D eigenvalue weighted by Crippen LogP contribution is -2.36. The van der Waals surface area contributed by atoms with Gasteiger partial charge in [0.15, 0.2) is 0 Å². The van der Waals surface area contributed by atoms with Crippen molar-refractivity contribution in [2.75, 3.05) is 4.90 Å². The maximum absolute atomic E-state index is 2.51. The number of allylic oxidation sites excluding steroid dienone is 4. The third kappa shape index (κ3) is 4.40. The highest BCUT2D eigenvalue weighted by Crippen LogP contribution is 2.50. The fraction of sp³-hybridized carbons (Fsp3) is 0.0638. The SMILES string of the molecule is CC12C=C(N(c3ccccc3)c3ccc(-c4cccc5sc6ccccc6c45)cc3)C=CC1C=Cc1c2n(-c2ccccc2)c2ccccc12. The maximum Gasteiger partial charge on any atom is 0.0538 e. The molecular formula is C47H34N2S. The van der Waals surface area contributed by atoms with Crippen LogP contribution in [0.2, 0.25) is 0 Å². The Kier molecular flexibility index (Phi) is 6.59. The van der Waals surface area contributed by atoms with Crippen LogP contribution in [-0.2, 0) is 5.41 Å². The zero-order chi connectivity index (χ0) is 33.2. The van der Waals surface area contributed by atoms with Crippen molar-refractivity contribution in [3.63, 3.8) is 0 Å². The molecule has 2 unspecified atom stereocenters. The lowest BCUT2D eigenvalue weighted by atomic mass is 9.67. The molecule has 2 aliphatic rings. The third-order valence-corrected chi connectivity index (χ3v) is 11.8. The first-order valence-electron chi connectivity index (χ1n) is 17.3. The van der Waals surface area contributed by atoms with Gasteiger partial charge in [0.05, 0.1) is 5.52 Å². The van der Waals surface area contributed by atoms with Crippen LogP contribution in [0, 0.1) is 5.92 Å². The Labute approximate surface area is 296 Å². The van der Waals surface area contributed by atoms with Crippen molar-refractivity contribution in [3.8, 4) is 16.8 Å². The average Bonchev–Trinajstić information content (AvgIpc) is 3.73. The van der Waals surface area contributed by atoms with Crippen LogP contribution in [0.4, 0.5) is 11.4 Å². The Hall–Kier alpha value is -5.90. The van der Waals surface area contributed by atoms with E-state index >= 15 is 0 Å². The number of para-hydroxylation sites is 3. The largest absolute Gasteiger partial charge is 0.312 e. The molecule has 2 aliphatic carbocycles. The molecule has 2 atom stereocenters. The first-order chi connectivity index (χ1) is 24.7. The molecular weight excluding hydrogens is 625 g/mol. The van der Waals surface area contributed by atoms with Gasteiger partial charge in [-0.1, -0.05) is 115 Å². The lowest BCUT2D eigenvalue weighted by Gasteiger charge is -2.41. The van der Waals surface area contributed by atoms with Gasteiger partial charge in [0.2, 0.25) is 0 Å². The first-order valence-corrected chi connectivity index (χ1v) is 18.1. The molecule has 2 heterocycles. The van der Waals surface area contributed by atoms with Gasteiger partial charge in [-0.2, -0.15) is 0 Å². The standard InChI is InChI=1S/C47H34N2S/c1-47-31-37(29-25-33(47)26-30-40-39-17-8-10-20-42(39)49(46(40)47)35-15-6-3-7-16-35)48(34-13-4-2-5-14-34)36-27-23-32(24-28-36)38-19-12-22-44-45(38)41-18-9-11-21-43(41)50-44/h2-31,33H,1H3. The lowest BCUT2D eigenvalue weighted by molar-refractivity contribution is 0.469. The summed E-state index contributed by atoms with van der Waals surface area (Å²) in [6.45, 7) is 2.42. The first kappa shape index (κ1) is 29.1. The fourth-order valence-electron chi connectivity index (χ4n) is 8.32. The van der Waals surface area contributed by atoms with Crippen LogP contribution in [0.25, 0.3) is 54.0 Å². The second-order valence-corrected chi connectivity index (χ2v) is 14.6. The molecule has 0 radical (unpaired) electrons. The highest BCUT2D eigenvalue weighted by Gasteiger charge is 2.42. The molecule has 2 aromatic heterocycles. The van der Waals surface area contributed by atoms with Crippen LogP contribution in [0.1, 0.15) is 18.2 Å². The van der Waals surface area contributed by atoms with E-state index < -0.39 is 0 Å². The number of hydrogen-bond donors (Lipinski definition) is 0. The zero-order valence-electron chi connectivity index (χ0n) is 27.7. The summed E-state index contributed by atoms with van der Waals surface area (Å²) in [5.41, 5.74) is 10.7. The number of anilines is 2. The second-order valence-electron chi connectivity index (χ2n) is 13.5. The molecule has 8 aromatic rings. The van der Waals surface area contributed by atoms with Crippen LogP contribution >= 0.6 is 11.3 Å². The summed E-state index contributed by atoms with van der Waals surface area (Å²) in [6, 6.07) is 55.0. The monoisotopic (exact) mass is 658 g/mol. The van der Waals surface area contributed by atoms with Crippen molar-refractivity contribution in [2.45, 2.75) is 12.3 Å². The molecule has 238 valence electrons. The summed E-state index contributed by atoms with van der Waals surface area (Å²) in [5.74, 6) is 0.228. The van der Waals surface area contributed by atoms with Crippen LogP contribution in [0.5, 0.6) is 0 Å². The molecule has 50 heavy (non-hydrogen) atoms. The van der Waals surface area contributed by atoms with Crippen LogP contribution in [-0.4, -0.2) is 4.57 Å². The Bertz CT molecular complexity index is 2660. The molecule has 0 bridgehead atoms. The van der Waals surface area contributed by atoms with E-state index in [4.69, 9.17) is 0 Å². The minimum absolute atomic E-state index is 0.228. The predicted octanol–water partition coefficient (Wildman–Crippen LogP) is 12.9. The second kappa shape index (κ2) is 11.3. The number of aromatic nitrogens is 1. The zero-order valence-corrected chi connectivity index (χ0v) is 28.5. The van der Waals surface area contributed by atoms with Gasteiger partial charge in [0, 0.05) is 70.9 Å². The molecule has 6 aromatic carbocycles. The number of rotatable bonds is 5. The van der Waals surface area contributed by atoms with Crippen LogP contribution in [0.3, 0.4) is 0 Å². The average molecular weight is 659 g/mol. The van der Waals surface area contributed by atoms with Gasteiger partial charge in [0.1, 0.15) is 0 Å². The van der Waals surface area contributed by atoms with E-state index in [0.29, 0.717) is 0 Å². The molecule has 0 fully saturated rings. The van der Waals surface area contributed by atoms with E-state index in [-0.39, 0.29) is 11.3 Å². The van der Waals surface area contributed by atoms with Gasteiger partial charge in [-0.3, -0.25) is 0 Å². The number of nitrogens with zero attached hydrogens (tertiary/aromatic N) is 2. The highest BCUT2D eigenvalue weighted by molar-refractivity contribution is 7.25. The van der Waals surface area contributed by atoms with Gasteiger partial charge in [-0.05, 0) is 84.8 Å². The van der Waals surface area contributed by atoms with Gasteiger partial charge >= 0.3 is 0 Å². The third-order valence-electron chi connectivity index (χ3n) is 10.6. The summed E-state index contributed by atoms with van der Waals surface area (Å²) in [5, 5.41) is 3.95. The predicted molar refractivity (Wildman–Crippen MR) is 214 cm³/mol. The Balaban J connectivity index is 1.13.